The summed E-state index contributed by atoms with van der Waals surface area (Å²) in [6.45, 7) is 4.68. The maximum Gasteiger partial charge on any atom is 0.252 e. The van der Waals surface area contributed by atoms with E-state index in [0.29, 0.717) is 6.54 Å². The number of nitrogens with zero attached hydrogens (tertiary/aromatic N) is 1. The van der Waals surface area contributed by atoms with Crippen LogP contribution in [-0.2, 0) is 6.42 Å². The molecule has 0 spiro atoms. The molecule has 5 heteroatoms. The van der Waals surface area contributed by atoms with Crippen molar-refractivity contribution in [3.8, 4) is 0 Å². The topological polar surface area (TPSA) is 57.8 Å². The third-order valence-corrected chi connectivity index (χ3v) is 3.68. The van der Waals surface area contributed by atoms with Crippen molar-refractivity contribution in [2.45, 2.75) is 26.7 Å². The minimum atomic E-state index is 0.0243. The monoisotopic (exact) mass is 263 g/mol. The standard InChI is InChI=1S/C13H17N3OS/c1-9-8-11(10(2)18-9)13(17)16-5-3-4-12-14-6-7-15-12/h6-8H,3-5H2,1-2H3,(H,14,15)(H,16,17). The number of rotatable bonds is 5. The van der Waals surface area contributed by atoms with Crippen LogP contribution in [0.25, 0.3) is 0 Å². The van der Waals surface area contributed by atoms with Crippen molar-refractivity contribution in [1.29, 1.82) is 0 Å². The third kappa shape index (κ3) is 3.20. The highest BCUT2D eigenvalue weighted by atomic mass is 32.1. The maximum atomic E-state index is 11.9. The Kier molecular flexibility index (Phi) is 4.15. The van der Waals surface area contributed by atoms with Gasteiger partial charge < -0.3 is 10.3 Å². The van der Waals surface area contributed by atoms with Crippen molar-refractivity contribution in [3.63, 3.8) is 0 Å². The second-order valence-corrected chi connectivity index (χ2v) is 5.68. The lowest BCUT2D eigenvalue weighted by atomic mass is 10.2. The number of aromatic amines is 1. The van der Waals surface area contributed by atoms with Crippen LogP contribution in [0.5, 0.6) is 0 Å². The fourth-order valence-corrected chi connectivity index (χ4v) is 2.77. The summed E-state index contributed by atoms with van der Waals surface area (Å²) in [5.41, 5.74) is 0.801. The van der Waals surface area contributed by atoms with Crippen LogP contribution in [0.4, 0.5) is 0 Å². The van der Waals surface area contributed by atoms with Crippen molar-refractivity contribution in [3.05, 3.63) is 39.6 Å². The van der Waals surface area contributed by atoms with Gasteiger partial charge in [0.25, 0.3) is 5.91 Å². The predicted molar refractivity (Wildman–Crippen MR) is 73.0 cm³/mol. The normalized spacial score (nSPS) is 10.6. The van der Waals surface area contributed by atoms with Crippen LogP contribution in [0.3, 0.4) is 0 Å². The molecule has 0 bridgehead atoms. The van der Waals surface area contributed by atoms with E-state index in [2.05, 4.69) is 15.3 Å². The molecule has 2 aromatic rings. The average Bonchev–Trinajstić information content (AvgIpc) is 2.94. The minimum Gasteiger partial charge on any atom is -0.352 e. The molecule has 0 fully saturated rings. The summed E-state index contributed by atoms with van der Waals surface area (Å²) in [6, 6.07) is 1.95. The van der Waals surface area contributed by atoms with Crippen LogP contribution < -0.4 is 5.32 Å². The number of aryl methyl sites for hydroxylation is 3. The Morgan fingerprint density at radius 3 is 2.94 bits per heavy atom. The first-order valence-electron chi connectivity index (χ1n) is 6.00. The highest BCUT2D eigenvalue weighted by molar-refractivity contribution is 7.12. The summed E-state index contributed by atoms with van der Waals surface area (Å²) >= 11 is 1.66. The molecule has 0 unspecified atom stereocenters. The highest BCUT2D eigenvalue weighted by Crippen LogP contribution is 2.20. The quantitative estimate of drug-likeness (QED) is 0.814. The average molecular weight is 263 g/mol. The van der Waals surface area contributed by atoms with Gasteiger partial charge in [-0.1, -0.05) is 0 Å². The zero-order valence-corrected chi connectivity index (χ0v) is 11.4. The van der Waals surface area contributed by atoms with Crippen LogP contribution in [-0.4, -0.2) is 22.4 Å². The Morgan fingerprint density at radius 2 is 2.33 bits per heavy atom. The van der Waals surface area contributed by atoms with Gasteiger partial charge in [-0.15, -0.1) is 11.3 Å². The molecule has 2 N–H and O–H groups in total. The van der Waals surface area contributed by atoms with Gasteiger partial charge in [0.15, 0.2) is 0 Å². The van der Waals surface area contributed by atoms with E-state index < -0.39 is 0 Å². The van der Waals surface area contributed by atoms with E-state index in [1.165, 1.54) is 4.88 Å². The molecule has 18 heavy (non-hydrogen) atoms. The number of amides is 1. The molecule has 4 nitrogen and oxygen atoms in total. The molecule has 0 saturated carbocycles. The van der Waals surface area contributed by atoms with Gasteiger partial charge >= 0.3 is 0 Å². The summed E-state index contributed by atoms with van der Waals surface area (Å²) in [5.74, 6) is 0.989. The Labute approximate surface area is 110 Å². The first kappa shape index (κ1) is 12.8. The van der Waals surface area contributed by atoms with E-state index in [1.807, 2.05) is 26.1 Å². The van der Waals surface area contributed by atoms with Crippen molar-refractivity contribution in [2.24, 2.45) is 0 Å². The number of hydrogen-bond acceptors (Lipinski definition) is 3. The van der Waals surface area contributed by atoms with Crippen LogP contribution >= 0.6 is 11.3 Å². The Hall–Kier alpha value is -1.62. The molecule has 0 aromatic carbocycles. The van der Waals surface area contributed by atoms with Crippen LogP contribution in [0, 0.1) is 13.8 Å². The molecule has 1 amide bonds. The van der Waals surface area contributed by atoms with E-state index in [9.17, 15) is 4.79 Å². The lowest BCUT2D eigenvalue weighted by Crippen LogP contribution is -2.24. The molecule has 96 valence electrons. The minimum absolute atomic E-state index is 0.0243. The lowest BCUT2D eigenvalue weighted by molar-refractivity contribution is 0.0953. The zero-order valence-electron chi connectivity index (χ0n) is 10.6. The van der Waals surface area contributed by atoms with Crippen LogP contribution in [0.15, 0.2) is 18.5 Å². The predicted octanol–water partition coefficient (Wildman–Crippen LogP) is 2.45. The summed E-state index contributed by atoms with van der Waals surface area (Å²) in [6.07, 6.45) is 5.30. The van der Waals surface area contributed by atoms with E-state index in [-0.39, 0.29) is 5.91 Å². The molecule has 0 saturated heterocycles. The fraction of sp³-hybridized carbons (Fsp3) is 0.385. The third-order valence-electron chi connectivity index (χ3n) is 2.72. The van der Waals surface area contributed by atoms with Crippen molar-refractivity contribution < 1.29 is 4.79 Å². The first-order valence-corrected chi connectivity index (χ1v) is 6.82. The number of H-pyrrole nitrogens is 1. The van der Waals surface area contributed by atoms with Gasteiger partial charge in [-0.2, -0.15) is 0 Å². The number of aromatic nitrogens is 2. The Morgan fingerprint density at radius 1 is 1.50 bits per heavy atom. The molecule has 2 rings (SSSR count). The second kappa shape index (κ2) is 5.82. The molecular formula is C13H17N3OS. The number of carbonyl (C=O) groups is 1. The number of nitrogens with one attached hydrogen (secondary N) is 2. The van der Waals surface area contributed by atoms with Crippen molar-refractivity contribution >= 4 is 17.2 Å². The van der Waals surface area contributed by atoms with Gasteiger partial charge in [-0.25, -0.2) is 4.98 Å². The van der Waals surface area contributed by atoms with Crippen molar-refractivity contribution in [2.75, 3.05) is 6.54 Å². The summed E-state index contributed by atoms with van der Waals surface area (Å²) in [5, 5.41) is 2.94. The summed E-state index contributed by atoms with van der Waals surface area (Å²) < 4.78 is 0. The van der Waals surface area contributed by atoms with E-state index in [4.69, 9.17) is 0 Å². The van der Waals surface area contributed by atoms with Gasteiger partial charge in [-0.05, 0) is 26.3 Å². The van der Waals surface area contributed by atoms with Crippen LogP contribution in [0.2, 0.25) is 0 Å². The van der Waals surface area contributed by atoms with Gasteiger partial charge in [0.1, 0.15) is 5.82 Å². The largest absolute Gasteiger partial charge is 0.352 e. The number of thiophene rings is 1. The van der Waals surface area contributed by atoms with Crippen molar-refractivity contribution in [1.82, 2.24) is 15.3 Å². The molecule has 0 aliphatic heterocycles. The van der Waals surface area contributed by atoms with Gasteiger partial charge in [0.05, 0.1) is 5.56 Å². The molecule has 0 radical (unpaired) electrons. The van der Waals surface area contributed by atoms with Gasteiger partial charge in [0.2, 0.25) is 0 Å². The number of carbonyl (C=O) groups excluding carboxylic acids is 1. The number of hydrogen-bond donors (Lipinski definition) is 2. The van der Waals surface area contributed by atoms with Gasteiger partial charge in [-0.3, -0.25) is 4.79 Å². The van der Waals surface area contributed by atoms with E-state index >= 15 is 0 Å². The highest BCUT2D eigenvalue weighted by Gasteiger charge is 2.10. The smallest absolute Gasteiger partial charge is 0.252 e. The van der Waals surface area contributed by atoms with Crippen LogP contribution in [0.1, 0.15) is 32.4 Å². The molecular weight excluding hydrogens is 246 g/mol. The molecule has 0 atom stereocenters. The van der Waals surface area contributed by atoms with E-state index in [1.54, 1.807) is 17.5 Å². The number of imidazole rings is 1. The molecule has 0 aliphatic carbocycles. The lowest BCUT2D eigenvalue weighted by Gasteiger charge is -2.03. The zero-order chi connectivity index (χ0) is 13.0. The second-order valence-electron chi connectivity index (χ2n) is 4.22. The van der Waals surface area contributed by atoms with E-state index in [0.717, 1.165) is 29.1 Å². The molecule has 2 heterocycles. The Bertz CT molecular complexity index is 516. The van der Waals surface area contributed by atoms with Gasteiger partial charge in [0, 0.05) is 35.1 Å². The first-order chi connectivity index (χ1) is 8.66. The fourth-order valence-electron chi connectivity index (χ4n) is 1.84. The molecule has 2 aromatic heterocycles. The Balaban J connectivity index is 1.77. The summed E-state index contributed by atoms with van der Waals surface area (Å²) in [4.78, 5) is 21.4. The molecule has 0 aliphatic rings. The maximum absolute atomic E-state index is 11.9. The SMILES string of the molecule is Cc1cc(C(=O)NCCCc2ncc[nH]2)c(C)s1. The summed E-state index contributed by atoms with van der Waals surface area (Å²) in [7, 11) is 0.